The number of piperazine rings is 1. The molecule has 54 heavy (non-hydrogen) atoms. The minimum atomic E-state index is -0.754. The Bertz CT molecular complexity index is 2200. The second-order valence-electron chi connectivity index (χ2n) is 12.8. The fourth-order valence-electron chi connectivity index (χ4n) is 5.89. The van der Waals surface area contributed by atoms with Crippen molar-refractivity contribution in [3.05, 3.63) is 99.6 Å². The van der Waals surface area contributed by atoms with Gasteiger partial charge in [0, 0.05) is 54.4 Å². The first kappa shape index (κ1) is 39.6. The molecular weight excluding hydrogens is 704 g/mol. The molecule has 7 rings (SSSR count). The zero-order valence-electron chi connectivity index (χ0n) is 30.9. The first-order chi connectivity index (χ1) is 26.0. The van der Waals surface area contributed by atoms with Gasteiger partial charge in [-0.25, -0.2) is 32.5 Å². The molecule has 0 aliphatic carbocycles. The van der Waals surface area contributed by atoms with Crippen LogP contribution in [-0.4, -0.2) is 69.1 Å². The predicted molar refractivity (Wildman–Crippen MR) is 203 cm³/mol. The van der Waals surface area contributed by atoms with Crippen molar-refractivity contribution in [2.24, 2.45) is 10.9 Å². The van der Waals surface area contributed by atoms with E-state index in [0.717, 1.165) is 63.1 Å². The number of aromatic nitrogens is 5. The molecule has 0 saturated carbocycles. The smallest absolute Gasteiger partial charge is 0.229 e. The van der Waals surface area contributed by atoms with Crippen LogP contribution in [0.2, 0.25) is 0 Å². The van der Waals surface area contributed by atoms with Crippen LogP contribution in [0.4, 0.5) is 34.9 Å². The van der Waals surface area contributed by atoms with Gasteiger partial charge in [-0.15, -0.1) is 0 Å². The largest absolute Gasteiger partial charge is 0.435 e. The van der Waals surface area contributed by atoms with E-state index in [1.54, 1.807) is 39.1 Å². The number of hydrogen-bond donors (Lipinski definition) is 4. The van der Waals surface area contributed by atoms with E-state index in [9.17, 15) is 18.1 Å². The van der Waals surface area contributed by atoms with Crippen molar-refractivity contribution < 1.29 is 22.3 Å². The van der Waals surface area contributed by atoms with Crippen LogP contribution in [0.3, 0.4) is 0 Å². The number of pyridine rings is 1. The average Bonchev–Trinajstić information content (AvgIpc) is 3.78. The lowest BCUT2D eigenvalue weighted by molar-refractivity contribution is 0.271. The average molecular weight is 749 g/mol. The van der Waals surface area contributed by atoms with Crippen LogP contribution in [0.15, 0.2) is 54.1 Å². The van der Waals surface area contributed by atoms with Crippen LogP contribution in [0, 0.1) is 48.9 Å². The highest BCUT2D eigenvalue weighted by Gasteiger charge is 2.21. The monoisotopic (exact) mass is 748 g/mol. The summed E-state index contributed by atoms with van der Waals surface area (Å²) in [4.78, 5) is 34.1. The molecule has 5 heterocycles. The number of nitrogens with one attached hydrogen (secondary N) is 3. The Balaban J connectivity index is 0.000000272. The number of nitrogens with zero attached hydrogens (tertiary/aromatic N) is 6. The highest BCUT2D eigenvalue weighted by Crippen LogP contribution is 2.35. The number of fused-ring (bicyclic) bond motifs is 2. The first-order valence-corrected chi connectivity index (χ1v) is 17.6. The maximum absolute atomic E-state index is 15.1. The first-order valence-electron chi connectivity index (χ1n) is 17.6. The standard InChI is InChI=1S/C25H26F2N8O2.C10H9F2N.C3H9N/c1-3-34-6-8-35(9-7-34)16-4-5-21(28-12-16)33-24-18(13-31-36)25(30-14-29-24)37-20-11-19(26)23-17(22(20)27)10-15(2)32-23;1-5-3-8(11)10-7(9(5)12)4-6(2)13-10;1-2-3-4/h4-5,10-12,14,32H,3,6-9,13H2,1-2H3,(H,28,29,30,33);3-4,13H,1-2H3;2-4H2,1H3. The van der Waals surface area contributed by atoms with Gasteiger partial charge < -0.3 is 35.6 Å². The van der Waals surface area contributed by atoms with Gasteiger partial charge in [-0.1, -0.05) is 19.0 Å². The van der Waals surface area contributed by atoms with Crippen molar-refractivity contribution in [2.75, 3.05) is 49.5 Å². The van der Waals surface area contributed by atoms with Crippen LogP contribution in [0.25, 0.3) is 21.8 Å². The van der Waals surface area contributed by atoms with E-state index in [4.69, 9.17) is 10.5 Å². The molecule has 12 nitrogen and oxygen atoms in total. The van der Waals surface area contributed by atoms with E-state index >= 15 is 4.39 Å². The maximum atomic E-state index is 15.1. The van der Waals surface area contributed by atoms with Crippen molar-refractivity contribution >= 4 is 39.1 Å². The Labute approximate surface area is 310 Å². The van der Waals surface area contributed by atoms with Crippen LogP contribution in [0.5, 0.6) is 11.6 Å². The maximum Gasteiger partial charge on any atom is 0.229 e. The summed E-state index contributed by atoms with van der Waals surface area (Å²) in [5, 5.41) is 6.37. The second-order valence-corrected chi connectivity index (χ2v) is 12.8. The number of aryl methyl sites for hydroxylation is 3. The number of ether oxygens (including phenoxy) is 1. The number of rotatable bonds is 9. The summed E-state index contributed by atoms with van der Waals surface area (Å²) in [5.74, 6) is -1.96. The number of anilines is 3. The van der Waals surface area contributed by atoms with Gasteiger partial charge in [-0.05, 0) is 76.2 Å². The van der Waals surface area contributed by atoms with Crippen molar-refractivity contribution in [2.45, 2.75) is 47.6 Å². The van der Waals surface area contributed by atoms with Gasteiger partial charge in [0.25, 0.3) is 0 Å². The molecule has 16 heteroatoms. The Kier molecular flexibility index (Phi) is 13.2. The summed E-state index contributed by atoms with van der Waals surface area (Å²) in [6, 6.07) is 9.00. The molecule has 1 saturated heterocycles. The number of halogens is 4. The summed E-state index contributed by atoms with van der Waals surface area (Å²) in [5.41, 5.74) is 8.22. The third-order valence-corrected chi connectivity index (χ3v) is 8.82. The number of hydrogen-bond acceptors (Lipinski definition) is 10. The Hall–Kier alpha value is -5.61. The molecule has 0 atom stereocenters. The molecule has 1 fully saturated rings. The molecular formula is C38H44F4N10O2. The van der Waals surface area contributed by atoms with Crippen molar-refractivity contribution in [3.63, 3.8) is 0 Å². The summed E-state index contributed by atoms with van der Waals surface area (Å²) in [6.45, 7) is 14.6. The number of likely N-dealkylation sites (N-methyl/N-ethyl adjacent to an activating group) is 1. The van der Waals surface area contributed by atoms with Gasteiger partial charge in [0.1, 0.15) is 36.1 Å². The molecule has 2 aromatic carbocycles. The summed E-state index contributed by atoms with van der Waals surface area (Å²) >= 11 is 0. The van der Waals surface area contributed by atoms with Crippen molar-refractivity contribution in [1.29, 1.82) is 0 Å². The normalized spacial score (nSPS) is 13.0. The van der Waals surface area contributed by atoms with Crippen molar-refractivity contribution in [3.8, 4) is 11.6 Å². The van der Waals surface area contributed by atoms with E-state index in [1.165, 1.54) is 18.5 Å². The molecule has 1 aliphatic heterocycles. The van der Waals surface area contributed by atoms with Crippen molar-refractivity contribution in [1.82, 2.24) is 29.8 Å². The lowest BCUT2D eigenvalue weighted by Gasteiger charge is -2.35. The van der Waals surface area contributed by atoms with Crippen LogP contribution in [-0.2, 0) is 6.54 Å². The summed E-state index contributed by atoms with van der Waals surface area (Å²) < 4.78 is 61.9. The predicted octanol–water partition coefficient (Wildman–Crippen LogP) is 8.30. The summed E-state index contributed by atoms with van der Waals surface area (Å²) in [6.07, 6.45) is 4.06. The third-order valence-electron chi connectivity index (χ3n) is 8.82. The number of benzene rings is 2. The van der Waals surface area contributed by atoms with Crippen LogP contribution < -0.4 is 20.7 Å². The Morgan fingerprint density at radius 3 is 2.07 bits per heavy atom. The molecule has 0 amide bonds. The molecule has 0 spiro atoms. The SMILES string of the molecule is CCCN.CCN1CCN(c2ccc(Nc3ncnc(Oc4cc(F)c5[nH]c(C)cc5c4F)c3CN=O)nc2)CC1.Cc1cc2c(F)c(C)cc(F)c2[nH]1. The zero-order chi connectivity index (χ0) is 38.9. The molecule has 5 N–H and O–H groups in total. The Morgan fingerprint density at radius 1 is 0.870 bits per heavy atom. The van der Waals surface area contributed by atoms with E-state index in [1.807, 2.05) is 6.07 Å². The molecule has 286 valence electrons. The minimum absolute atomic E-state index is 0.0453. The molecule has 0 radical (unpaired) electrons. The molecule has 1 aliphatic rings. The molecule has 0 bridgehead atoms. The van der Waals surface area contributed by atoms with E-state index in [2.05, 4.69) is 59.1 Å². The van der Waals surface area contributed by atoms with E-state index < -0.39 is 17.5 Å². The highest BCUT2D eigenvalue weighted by molar-refractivity contribution is 5.84. The van der Waals surface area contributed by atoms with Gasteiger partial charge in [-0.2, -0.15) is 4.91 Å². The summed E-state index contributed by atoms with van der Waals surface area (Å²) in [7, 11) is 0. The quantitative estimate of drug-likeness (QED) is 0.0845. The lowest BCUT2D eigenvalue weighted by atomic mass is 10.1. The zero-order valence-corrected chi connectivity index (χ0v) is 30.9. The molecule has 4 aromatic heterocycles. The number of aromatic amines is 2. The topological polar surface area (TPSA) is 153 Å². The fourth-order valence-corrected chi connectivity index (χ4v) is 5.89. The fraction of sp³-hybridized carbons (Fsp3) is 0.342. The number of nitrogens with two attached hydrogens (primary N) is 1. The van der Waals surface area contributed by atoms with E-state index in [-0.39, 0.29) is 51.8 Å². The molecule has 6 aromatic rings. The lowest BCUT2D eigenvalue weighted by Crippen LogP contribution is -2.46. The van der Waals surface area contributed by atoms with Gasteiger partial charge in [0.2, 0.25) is 5.88 Å². The minimum Gasteiger partial charge on any atom is -0.435 e. The highest BCUT2D eigenvalue weighted by atomic mass is 19.1. The second kappa shape index (κ2) is 17.9. The van der Waals surface area contributed by atoms with Crippen LogP contribution >= 0.6 is 0 Å². The number of nitroso groups, excluding NO2 is 1. The Morgan fingerprint density at radius 2 is 1.50 bits per heavy atom. The van der Waals surface area contributed by atoms with Gasteiger partial charge >= 0.3 is 0 Å². The van der Waals surface area contributed by atoms with Gasteiger partial charge in [0.05, 0.1) is 28.5 Å². The van der Waals surface area contributed by atoms with Gasteiger partial charge in [-0.3, -0.25) is 0 Å². The van der Waals surface area contributed by atoms with Gasteiger partial charge in [0.15, 0.2) is 17.4 Å². The molecule has 0 unspecified atom stereocenters. The van der Waals surface area contributed by atoms with Crippen LogP contribution in [0.1, 0.15) is 42.8 Å². The van der Waals surface area contributed by atoms with E-state index in [0.29, 0.717) is 22.5 Å². The number of H-pyrrole nitrogens is 2. The third kappa shape index (κ3) is 9.12.